The topological polar surface area (TPSA) is 216 Å². The quantitative estimate of drug-likeness (QED) is 0.0360. The highest BCUT2D eigenvalue weighted by atomic mass is 35.5. The van der Waals surface area contributed by atoms with E-state index < -0.39 is 157 Å². The van der Waals surface area contributed by atoms with Crippen molar-refractivity contribution >= 4 is 61.9 Å². The summed E-state index contributed by atoms with van der Waals surface area (Å²) in [5.41, 5.74) is -6.06. The lowest BCUT2D eigenvalue weighted by molar-refractivity contribution is -0.143. The van der Waals surface area contributed by atoms with Gasteiger partial charge in [-0.15, -0.1) is 6.42 Å². The zero-order valence-corrected chi connectivity index (χ0v) is 40.4. The van der Waals surface area contributed by atoms with Crippen molar-refractivity contribution in [3.8, 4) is 23.5 Å². The third kappa shape index (κ3) is 12.1. The van der Waals surface area contributed by atoms with Crippen molar-refractivity contribution in [2.75, 3.05) is 23.5 Å². The first-order chi connectivity index (χ1) is 32.4. The number of benzene rings is 2. The van der Waals surface area contributed by atoms with Crippen molar-refractivity contribution < 1.29 is 84.4 Å². The van der Waals surface area contributed by atoms with E-state index in [0.29, 0.717) is 12.3 Å². The number of aromatic nitrogens is 5. The number of halogens is 11. The second kappa shape index (κ2) is 19.3. The molecule has 3 heterocycles. The molecule has 16 nitrogen and oxygen atoms in total. The maximum atomic E-state index is 15.6. The van der Waals surface area contributed by atoms with Crippen LogP contribution in [-0.2, 0) is 78.2 Å². The normalized spacial score (nSPS) is 16.0. The van der Waals surface area contributed by atoms with Gasteiger partial charge in [0.2, 0.25) is 15.9 Å². The summed E-state index contributed by atoms with van der Waals surface area (Å²) in [6, 6.07) is 4.86. The first-order valence-corrected chi connectivity index (χ1v) is 26.0. The highest BCUT2D eigenvalue weighted by molar-refractivity contribution is 7.92. The molecule has 1 amide bonds. The number of anilines is 1. The molecule has 0 saturated heterocycles. The second-order valence-corrected chi connectivity index (χ2v) is 23.2. The van der Waals surface area contributed by atoms with Crippen LogP contribution < -0.4 is 9.62 Å². The van der Waals surface area contributed by atoms with E-state index in [0.717, 1.165) is 30.5 Å². The number of phosphoric acid groups is 1. The number of sulfone groups is 1. The summed E-state index contributed by atoms with van der Waals surface area (Å²) >= 11 is 6.54. The molecule has 0 unspecified atom stereocenters. The molecular weight excluding hydrogens is 1060 g/mol. The van der Waals surface area contributed by atoms with Crippen LogP contribution in [0.4, 0.5) is 49.7 Å². The van der Waals surface area contributed by atoms with Crippen molar-refractivity contribution in [2.24, 2.45) is 5.92 Å². The molecule has 1 aliphatic carbocycles. The molecular formula is C41H39ClF10N7O9PS2. The number of fused-ring (bicyclic) bond motifs is 2. The number of carbonyl (C=O) groups excluding carboxylic acids is 1. The Hall–Kier alpha value is -5.30. The highest BCUT2D eigenvalue weighted by Gasteiger charge is 2.55. The maximum Gasteiger partial charge on any atom is 0.471 e. The van der Waals surface area contributed by atoms with E-state index in [1.54, 1.807) is 5.92 Å². The Kier molecular flexibility index (Phi) is 14.9. The third-order valence-corrected chi connectivity index (χ3v) is 15.5. The van der Waals surface area contributed by atoms with Gasteiger partial charge in [0.25, 0.3) is 0 Å². The van der Waals surface area contributed by atoms with E-state index in [1.165, 1.54) is 26.0 Å². The molecule has 6 rings (SSSR count). The first kappa shape index (κ1) is 55.0. The van der Waals surface area contributed by atoms with E-state index in [1.807, 2.05) is 0 Å². The van der Waals surface area contributed by atoms with Gasteiger partial charge in [0, 0.05) is 34.7 Å². The van der Waals surface area contributed by atoms with Crippen LogP contribution in [0.5, 0.6) is 0 Å². The number of rotatable bonds is 17. The summed E-state index contributed by atoms with van der Waals surface area (Å²) in [5.74, 6) is -9.13. The minimum Gasteiger partial charge on any atom is -0.346 e. The van der Waals surface area contributed by atoms with Crippen molar-refractivity contribution in [1.82, 2.24) is 29.9 Å². The fraction of sp³-hybridized carbons (Fsp3) is 0.415. The van der Waals surface area contributed by atoms with Crippen molar-refractivity contribution in [3.63, 3.8) is 0 Å². The van der Waals surface area contributed by atoms with Gasteiger partial charge < -0.3 is 15.1 Å². The number of nitrogens with zero attached hydrogens (tertiary/aromatic N) is 6. The average Bonchev–Trinajstić information content (AvgIpc) is 3.84. The molecule has 2 atom stereocenters. The molecule has 3 N–H and O–H groups in total. The summed E-state index contributed by atoms with van der Waals surface area (Å²) in [5, 5.41) is 8.43. The highest BCUT2D eigenvalue weighted by Crippen LogP contribution is 2.50. The molecule has 0 saturated carbocycles. The second-order valence-electron chi connectivity index (χ2n) is 17.0. The van der Waals surface area contributed by atoms with Gasteiger partial charge in [-0.25, -0.2) is 34.5 Å². The van der Waals surface area contributed by atoms with Gasteiger partial charge in [0.15, 0.2) is 21.3 Å². The fourth-order valence-electron chi connectivity index (χ4n) is 7.77. The number of nitrogens with one attached hydrogen (secondary N) is 1. The van der Waals surface area contributed by atoms with Gasteiger partial charge in [-0.1, -0.05) is 29.7 Å². The summed E-state index contributed by atoms with van der Waals surface area (Å²) in [6.07, 6.45) is -5.81. The summed E-state index contributed by atoms with van der Waals surface area (Å²) in [4.78, 5) is 37.6. The molecule has 1 aliphatic rings. The standard InChI is InChI=1S/C41H39ClF10N7O9PS2/c1-6-22-16-28-35(41(50,51)52)55-57(36(28)40(22,48)49)18-31(60)54-30(15-21-13-23(43)17-24(44)14-21)33-26(8-7-25(53-33)11-12-38(2,3)70(4,64)65)27-9-10-29(42)32-34(27)58(19-39(45,46)47)56-37(32)59(71(5,66)67)20-68-69(61,62)63/h1,7-10,13-14,17,22,30H,11-12,15-16,18-20H2,2-5H3,(H,54,60)(H2,61,62,63)/t22-,30+/m1/s1. The molecule has 3 aromatic heterocycles. The minimum absolute atomic E-state index is 0.0114. The number of hydrogen-bond donors (Lipinski definition) is 3. The number of hydrogen-bond acceptors (Lipinski definition) is 10. The van der Waals surface area contributed by atoms with Gasteiger partial charge in [-0.3, -0.25) is 23.7 Å². The van der Waals surface area contributed by atoms with Gasteiger partial charge in [-0.05, 0) is 69.4 Å². The molecule has 30 heteroatoms. The summed E-state index contributed by atoms with van der Waals surface area (Å²) in [7, 11) is -14.0. The van der Waals surface area contributed by atoms with Crippen molar-refractivity contribution in [2.45, 2.75) is 81.7 Å². The Labute approximate surface area is 402 Å². The van der Waals surface area contributed by atoms with Gasteiger partial charge in [-0.2, -0.15) is 45.3 Å². The average molecular weight is 1090 g/mol. The van der Waals surface area contributed by atoms with E-state index >= 15 is 8.78 Å². The van der Waals surface area contributed by atoms with Crippen LogP contribution in [0.15, 0.2) is 42.5 Å². The molecule has 0 bridgehead atoms. The molecule has 386 valence electrons. The van der Waals surface area contributed by atoms with E-state index in [-0.39, 0.29) is 48.9 Å². The van der Waals surface area contributed by atoms with Gasteiger partial charge >= 0.3 is 26.1 Å². The predicted molar refractivity (Wildman–Crippen MR) is 235 cm³/mol. The molecule has 0 aliphatic heterocycles. The van der Waals surface area contributed by atoms with Crippen LogP contribution >= 0.6 is 19.4 Å². The number of alkyl halides is 8. The van der Waals surface area contributed by atoms with Crippen LogP contribution in [0.3, 0.4) is 0 Å². The number of terminal acetylenes is 1. The van der Waals surface area contributed by atoms with Crippen molar-refractivity contribution in [1.29, 1.82) is 0 Å². The predicted octanol–water partition coefficient (Wildman–Crippen LogP) is 7.39. The van der Waals surface area contributed by atoms with Crippen molar-refractivity contribution in [3.05, 3.63) is 93.0 Å². The van der Waals surface area contributed by atoms with Crippen LogP contribution in [-0.4, -0.2) is 87.2 Å². The molecule has 0 spiro atoms. The third-order valence-electron chi connectivity index (χ3n) is 11.4. The first-order valence-electron chi connectivity index (χ1n) is 20.3. The molecule has 71 heavy (non-hydrogen) atoms. The number of amides is 1. The van der Waals surface area contributed by atoms with Crippen LogP contribution in [0.2, 0.25) is 5.02 Å². The number of carbonyl (C=O) groups is 1. The molecule has 0 radical (unpaired) electrons. The van der Waals surface area contributed by atoms with E-state index in [9.17, 15) is 71.1 Å². The SMILES string of the molecule is C#C[C@@H]1Cc2c(C(F)(F)F)nn(CC(=O)N[C@@H](Cc3cc(F)cc(F)c3)c3nc(CCC(C)(C)S(C)(=O)=O)ccc3-c3ccc(Cl)c4c(N(COP(=O)(O)O)S(C)(=O)=O)nn(CC(F)(F)F)c34)c2C1(F)F. The Balaban J connectivity index is 1.63. The number of sulfonamides is 1. The van der Waals surface area contributed by atoms with E-state index in [4.69, 9.17) is 18.0 Å². The maximum absolute atomic E-state index is 15.6. The minimum atomic E-state index is -5.48. The fourth-order valence-corrected chi connectivity index (χ4v) is 9.51. The molecule has 5 aromatic rings. The zero-order valence-electron chi connectivity index (χ0n) is 37.1. The Morgan fingerprint density at radius 2 is 1.63 bits per heavy atom. The number of aryl methyl sites for hydroxylation is 1. The Morgan fingerprint density at radius 3 is 2.18 bits per heavy atom. The number of phosphoric ester groups is 1. The lowest BCUT2D eigenvalue weighted by Crippen LogP contribution is -2.35. The largest absolute Gasteiger partial charge is 0.471 e. The van der Waals surface area contributed by atoms with Crippen LogP contribution in [0, 0.1) is 29.9 Å². The van der Waals surface area contributed by atoms with Gasteiger partial charge in [0.1, 0.15) is 37.1 Å². The summed E-state index contributed by atoms with van der Waals surface area (Å²) in [6.45, 7) is -2.14. The summed E-state index contributed by atoms with van der Waals surface area (Å²) < 4.78 is 213. The van der Waals surface area contributed by atoms with Gasteiger partial charge in [0.05, 0.1) is 44.6 Å². The lowest BCUT2D eigenvalue weighted by atomic mass is 9.93. The Morgan fingerprint density at radius 1 is 1.01 bits per heavy atom. The van der Waals surface area contributed by atoms with Crippen LogP contribution in [0.25, 0.3) is 22.0 Å². The monoisotopic (exact) mass is 1090 g/mol. The zero-order chi connectivity index (χ0) is 53.2. The van der Waals surface area contributed by atoms with Crippen LogP contribution in [0.1, 0.15) is 60.2 Å². The molecule has 0 fully saturated rings. The Bertz CT molecular complexity index is 3230. The smallest absolute Gasteiger partial charge is 0.346 e. The van der Waals surface area contributed by atoms with E-state index in [2.05, 4.69) is 25.0 Å². The number of pyridine rings is 1. The molecule has 2 aromatic carbocycles. The lowest BCUT2D eigenvalue weighted by Gasteiger charge is -2.25.